The molecule has 0 heterocycles. The predicted molar refractivity (Wildman–Crippen MR) is 119 cm³/mol. The number of carbonyl (C=O) groups excluding carboxylic acids is 2. The molecule has 0 fully saturated rings. The first-order chi connectivity index (χ1) is 15.1. The van der Waals surface area contributed by atoms with Crippen molar-refractivity contribution >= 4 is 50.7 Å². The van der Waals surface area contributed by atoms with Gasteiger partial charge < -0.3 is 15.4 Å². The molecular weight excluding hydrogens is 513 g/mol. The van der Waals surface area contributed by atoms with Crippen LogP contribution in [0.25, 0.3) is 0 Å². The van der Waals surface area contributed by atoms with Gasteiger partial charge in [-0.3, -0.25) is 9.59 Å². The molecule has 0 aromatic heterocycles. The maximum atomic E-state index is 12.8. The Labute approximate surface area is 194 Å². The molecule has 2 amide bonds. The highest BCUT2D eigenvalue weighted by Crippen LogP contribution is 2.31. The van der Waals surface area contributed by atoms with Gasteiger partial charge in [-0.05, 0) is 76.6 Å². The lowest BCUT2D eigenvalue weighted by molar-refractivity contribution is -0.137. The van der Waals surface area contributed by atoms with Gasteiger partial charge in [-0.1, -0.05) is 17.7 Å². The zero-order valence-electron chi connectivity index (χ0n) is 16.2. The average molecular weight is 528 g/mol. The Hall–Kier alpha value is -3.04. The summed E-state index contributed by atoms with van der Waals surface area (Å²) in [6.07, 6.45) is -4.51. The van der Waals surface area contributed by atoms with E-state index in [2.05, 4.69) is 26.6 Å². The molecule has 3 aromatic carbocycles. The van der Waals surface area contributed by atoms with E-state index in [1.54, 1.807) is 18.2 Å². The number of halogens is 5. The van der Waals surface area contributed by atoms with Crippen molar-refractivity contribution in [2.45, 2.75) is 6.18 Å². The smallest absolute Gasteiger partial charge is 0.416 e. The van der Waals surface area contributed by atoms with Crippen molar-refractivity contribution in [3.63, 3.8) is 0 Å². The van der Waals surface area contributed by atoms with Gasteiger partial charge in [-0.25, -0.2) is 0 Å². The van der Waals surface area contributed by atoms with Crippen molar-refractivity contribution in [3.8, 4) is 5.75 Å². The Morgan fingerprint density at radius 1 is 0.938 bits per heavy atom. The molecule has 5 nitrogen and oxygen atoms in total. The second kappa shape index (κ2) is 10.1. The van der Waals surface area contributed by atoms with E-state index in [-0.39, 0.29) is 17.9 Å². The number of ether oxygens (including phenoxy) is 1. The summed E-state index contributed by atoms with van der Waals surface area (Å²) in [5, 5.41) is 5.56. The van der Waals surface area contributed by atoms with Gasteiger partial charge in [0.05, 0.1) is 10.0 Å². The summed E-state index contributed by atoms with van der Waals surface area (Å²) in [6.45, 7) is -0.252. The second-order valence-electron chi connectivity index (χ2n) is 6.52. The van der Waals surface area contributed by atoms with E-state index in [1.807, 2.05) is 0 Å². The Kier molecular flexibility index (Phi) is 7.42. The van der Waals surface area contributed by atoms with E-state index in [1.165, 1.54) is 36.4 Å². The average Bonchev–Trinajstić information content (AvgIpc) is 2.73. The summed E-state index contributed by atoms with van der Waals surface area (Å²) in [5.74, 6) is -0.558. The Morgan fingerprint density at radius 2 is 1.66 bits per heavy atom. The number of nitrogens with one attached hydrogen (secondary N) is 2. The molecule has 0 bridgehead atoms. The number of benzene rings is 3. The number of hydrogen-bond acceptors (Lipinski definition) is 3. The number of rotatable bonds is 6. The van der Waals surface area contributed by atoms with E-state index in [0.717, 1.165) is 12.1 Å². The fourth-order valence-corrected chi connectivity index (χ4v) is 3.41. The van der Waals surface area contributed by atoms with Gasteiger partial charge in [0, 0.05) is 22.0 Å². The first kappa shape index (κ1) is 23.6. The molecule has 0 radical (unpaired) electrons. The number of alkyl halides is 3. The van der Waals surface area contributed by atoms with Gasteiger partial charge in [0.1, 0.15) is 5.75 Å². The van der Waals surface area contributed by atoms with Crippen LogP contribution < -0.4 is 15.4 Å². The van der Waals surface area contributed by atoms with E-state index in [4.69, 9.17) is 16.3 Å². The summed E-state index contributed by atoms with van der Waals surface area (Å²) in [4.78, 5) is 24.4. The molecule has 0 saturated heterocycles. The van der Waals surface area contributed by atoms with E-state index >= 15 is 0 Å². The molecule has 0 saturated carbocycles. The molecule has 0 aliphatic rings. The molecule has 0 aliphatic heterocycles. The fraction of sp³-hybridized carbons (Fsp3) is 0.0909. The zero-order valence-corrected chi connectivity index (χ0v) is 18.5. The number of amides is 2. The summed E-state index contributed by atoms with van der Waals surface area (Å²) >= 11 is 9.14. The van der Waals surface area contributed by atoms with Crippen LogP contribution in [0.2, 0.25) is 5.02 Å². The van der Waals surface area contributed by atoms with Crippen LogP contribution in [-0.4, -0.2) is 18.4 Å². The molecule has 2 N–H and O–H groups in total. The zero-order chi connectivity index (χ0) is 23.3. The molecule has 3 rings (SSSR count). The molecule has 166 valence electrons. The van der Waals surface area contributed by atoms with Crippen LogP contribution in [0.15, 0.2) is 71.2 Å². The normalized spacial score (nSPS) is 11.0. The van der Waals surface area contributed by atoms with E-state index in [9.17, 15) is 22.8 Å². The fourth-order valence-electron chi connectivity index (χ4n) is 2.61. The molecule has 0 atom stereocenters. The topological polar surface area (TPSA) is 67.4 Å². The highest BCUT2D eigenvalue weighted by Gasteiger charge is 2.30. The SMILES string of the molecule is O=C(COc1ccc(Cl)cc1Br)Nc1ccc(C(=O)Nc2cccc(C(F)(F)F)c2)cc1. The van der Waals surface area contributed by atoms with Crippen molar-refractivity contribution in [2.24, 2.45) is 0 Å². The quantitative estimate of drug-likeness (QED) is 0.390. The molecule has 32 heavy (non-hydrogen) atoms. The van der Waals surface area contributed by atoms with Crippen LogP contribution in [-0.2, 0) is 11.0 Å². The number of anilines is 2. The number of hydrogen-bond donors (Lipinski definition) is 2. The monoisotopic (exact) mass is 526 g/mol. The molecule has 0 unspecified atom stereocenters. The Balaban J connectivity index is 1.56. The van der Waals surface area contributed by atoms with Gasteiger partial charge in [-0.15, -0.1) is 0 Å². The first-order valence-electron chi connectivity index (χ1n) is 9.08. The Morgan fingerprint density at radius 3 is 2.31 bits per heavy atom. The van der Waals surface area contributed by atoms with Crippen LogP contribution >= 0.6 is 27.5 Å². The van der Waals surface area contributed by atoms with Gasteiger partial charge in [0.25, 0.3) is 11.8 Å². The highest BCUT2D eigenvalue weighted by molar-refractivity contribution is 9.10. The summed E-state index contributed by atoms with van der Waals surface area (Å²) in [5.41, 5.74) is -0.208. The standard InChI is InChI=1S/C22H15BrClF3N2O3/c23-18-11-15(24)6-9-19(18)32-12-20(30)28-16-7-4-13(5-8-16)21(31)29-17-3-1-2-14(10-17)22(25,26)27/h1-11H,12H2,(H,28,30)(H,29,31). The summed E-state index contributed by atoms with van der Waals surface area (Å²) in [7, 11) is 0. The lowest BCUT2D eigenvalue weighted by atomic mass is 10.1. The lowest BCUT2D eigenvalue weighted by Crippen LogP contribution is -2.20. The van der Waals surface area contributed by atoms with Crippen molar-refractivity contribution in [1.82, 2.24) is 0 Å². The van der Waals surface area contributed by atoms with Crippen LogP contribution in [0.5, 0.6) is 5.75 Å². The maximum Gasteiger partial charge on any atom is 0.416 e. The van der Waals surface area contributed by atoms with Gasteiger partial charge >= 0.3 is 6.18 Å². The van der Waals surface area contributed by atoms with Crippen LogP contribution in [0.3, 0.4) is 0 Å². The molecule has 3 aromatic rings. The molecule has 10 heteroatoms. The third-order valence-corrected chi connectivity index (χ3v) is 4.99. The molecule has 0 spiro atoms. The van der Waals surface area contributed by atoms with E-state index < -0.39 is 23.6 Å². The third kappa shape index (κ3) is 6.48. The minimum absolute atomic E-state index is 0.0210. The van der Waals surface area contributed by atoms with Gasteiger partial charge in [0.15, 0.2) is 6.61 Å². The van der Waals surface area contributed by atoms with Crippen LogP contribution in [0.4, 0.5) is 24.5 Å². The highest BCUT2D eigenvalue weighted by atomic mass is 79.9. The summed E-state index contributed by atoms with van der Waals surface area (Å²) in [6, 6.07) is 15.1. The minimum atomic E-state index is -4.51. The summed E-state index contributed by atoms with van der Waals surface area (Å²) < 4.78 is 44.4. The second-order valence-corrected chi connectivity index (χ2v) is 7.81. The molecular formula is C22H15BrClF3N2O3. The van der Waals surface area contributed by atoms with Gasteiger partial charge in [-0.2, -0.15) is 13.2 Å². The van der Waals surface area contributed by atoms with Crippen molar-refractivity contribution < 1.29 is 27.5 Å². The van der Waals surface area contributed by atoms with E-state index in [0.29, 0.717) is 20.9 Å². The van der Waals surface area contributed by atoms with Crippen molar-refractivity contribution in [3.05, 3.63) is 87.4 Å². The van der Waals surface area contributed by atoms with Crippen LogP contribution in [0, 0.1) is 0 Å². The minimum Gasteiger partial charge on any atom is -0.483 e. The van der Waals surface area contributed by atoms with Crippen molar-refractivity contribution in [2.75, 3.05) is 17.2 Å². The maximum absolute atomic E-state index is 12.8. The lowest BCUT2D eigenvalue weighted by Gasteiger charge is -2.11. The van der Waals surface area contributed by atoms with Crippen molar-refractivity contribution in [1.29, 1.82) is 0 Å². The first-order valence-corrected chi connectivity index (χ1v) is 10.3. The van der Waals surface area contributed by atoms with Gasteiger partial charge in [0.2, 0.25) is 0 Å². The predicted octanol–water partition coefficient (Wildman–Crippen LogP) is 6.39. The number of carbonyl (C=O) groups is 2. The molecule has 0 aliphatic carbocycles. The largest absolute Gasteiger partial charge is 0.483 e. The van der Waals surface area contributed by atoms with Crippen LogP contribution in [0.1, 0.15) is 15.9 Å². The Bertz CT molecular complexity index is 1140. The third-order valence-electron chi connectivity index (χ3n) is 4.13.